The predicted octanol–water partition coefficient (Wildman–Crippen LogP) is 2.52. The van der Waals surface area contributed by atoms with Crippen LogP contribution >= 0.6 is 0 Å². The Morgan fingerprint density at radius 1 is 1.30 bits per heavy atom. The lowest BCUT2D eigenvalue weighted by molar-refractivity contribution is -0.141. The third-order valence-electron chi connectivity index (χ3n) is 3.60. The number of benzene rings is 1. The van der Waals surface area contributed by atoms with Gasteiger partial charge in [-0.15, -0.1) is 0 Å². The summed E-state index contributed by atoms with van der Waals surface area (Å²) in [4.78, 5) is 23.1. The number of amides is 1. The zero-order chi connectivity index (χ0) is 14.5. The second kappa shape index (κ2) is 6.41. The molecule has 2 N–H and O–H groups in total. The molecule has 0 bridgehead atoms. The lowest BCUT2D eigenvalue weighted by atomic mass is 10.0. The highest BCUT2D eigenvalue weighted by atomic mass is 16.5. The highest BCUT2D eigenvalue weighted by molar-refractivity contribution is 5.94. The molecule has 2 rings (SSSR count). The summed E-state index contributed by atoms with van der Waals surface area (Å²) in [5, 5.41) is 11.8. The zero-order valence-electron chi connectivity index (χ0n) is 11.5. The highest BCUT2D eigenvalue weighted by Gasteiger charge is 2.34. The van der Waals surface area contributed by atoms with E-state index in [0.29, 0.717) is 37.3 Å². The van der Waals surface area contributed by atoms with Crippen LogP contribution < -0.4 is 10.1 Å². The summed E-state index contributed by atoms with van der Waals surface area (Å²) < 4.78 is 5.45. The molecule has 1 amide bonds. The second-order valence-electron chi connectivity index (χ2n) is 4.96. The van der Waals surface area contributed by atoms with Crippen LogP contribution in [0.15, 0.2) is 24.3 Å². The van der Waals surface area contributed by atoms with Crippen LogP contribution in [0, 0.1) is 11.8 Å². The second-order valence-corrected chi connectivity index (χ2v) is 4.96. The molecule has 0 heterocycles. The maximum Gasteiger partial charge on any atom is 0.306 e. The minimum atomic E-state index is -0.810. The van der Waals surface area contributed by atoms with E-state index in [1.165, 1.54) is 0 Å². The van der Waals surface area contributed by atoms with Gasteiger partial charge in [-0.25, -0.2) is 0 Å². The number of aliphatic carboxylic acids is 1. The molecule has 1 fully saturated rings. The van der Waals surface area contributed by atoms with Crippen molar-refractivity contribution in [2.45, 2.75) is 26.2 Å². The van der Waals surface area contributed by atoms with Gasteiger partial charge in [0.1, 0.15) is 5.75 Å². The van der Waals surface area contributed by atoms with Gasteiger partial charge in [0.25, 0.3) is 0 Å². The molecule has 1 aliphatic rings. The lowest BCUT2D eigenvalue weighted by Gasteiger charge is -2.14. The van der Waals surface area contributed by atoms with Crippen LogP contribution in [-0.4, -0.2) is 23.6 Å². The summed E-state index contributed by atoms with van der Waals surface area (Å²) in [7, 11) is 0. The molecule has 5 nitrogen and oxygen atoms in total. The smallest absolute Gasteiger partial charge is 0.306 e. The zero-order valence-corrected chi connectivity index (χ0v) is 11.5. The maximum absolute atomic E-state index is 12.2. The fourth-order valence-electron chi connectivity index (χ4n) is 2.53. The number of ether oxygens (including phenoxy) is 1. The first kappa shape index (κ1) is 14.4. The number of carbonyl (C=O) groups is 2. The van der Waals surface area contributed by atoms with E-state index in [1.54, 1.807) is 12.1 Å². The Labute approximate surface area is 117 Å². The van der Waals surface area contributed by atoms with E-state index in [-0.39, 0.29) is 11.8 Å². The van der Waals surface area contributed by atoms with Crippen molar-refractivity contribution in [2.75, 3.05) is 11.9 Å². The van der Waals surface area contributed by atoms with Crippen molar-refractivity contribution in [3.05, 3.63) is 24.3 Å². The molecule has 2 unspecified atom stereocenters. The van der Waals surface area contributed by atoms with E-state index in [4.69, 9.17) is 9.84 Å². The molecule has 1 aliphatic carbocycles. The van der Waals surface area contributed by atoms with Crippen LogP contribution in [0.5, 0.6) is 5.75 Å². The van der Waals surface area contributed by atoms with E-state index in [1.807, 2.05) is 19.1 Å². The number of carboxylic acid groups (broad SMARTS) is 1. The third kappa shape index (κ3) is 3.29. The quantitative estimate of drug-likeness (QED) is 0.867. The average Bonchev–Trinajstić information content (AvgIpc) is 2.91. The SMILES string of the molecule is CCOc1ccccc1NC(=O)C1CCC(C(=O)O)C1. The number of rotatable bonds is 5. The van der Waals surface area contributed by atoms with Gasteiger partial charge < -0.3 is 15.2 Å². The van der Waals surface area contributed by atoms with E-state index in [9.17, 15) is 9.59 Å². The van der Waals surface area contributed by atoms with Crippen LogP contribution in [-0.2, 0) is 9.59 Å². The van der Waals surface area contributed by atoms with Gasteiger partial charge in [-0.1, -0.05) is 12.1 Å². The number of carbonyl (C=O) groups excluding carboxylic acids is 1. The van der Waals surface area contributed by atoms with Gasteiger partial charge in [0.2, 0.25) is 5.91 Å². The molecule has 20 heavy (non-hydrogen) atoms. The molecule has 0 radical (unpaired) electrons. The number of carboxylic acids is 1. The molecule has 0 spiro atoms. The first-order valence-electron chi connectivity index (χ1n) is 6.87. The van der Waals surface area contributed by atoms with Crippen molar-refractivity contribution in [1.29, 1.82) is 0 Å². The van der Waals surface area contributed by atoms with E-state index in [0.717, 1.165) is 0 Å². The van der Waals surface area contributed by atoms with E-state index in [2.05, 4.69) is 5.32 Å². The number of hydrogen-bond acceptors (Lipinski definition) is 3. The van der Waals surface area contributed by atoms with Gasteiger partial charge >= 0.3 is 5.97 Å². The molecule has 5 heteroatoms. The minimum Gasteiger partial charge on any atom is -0.492 e. The standard InChI is InChI=1S/C15H19NO4/c1-2-20-13-6-4-3-5-12(13)16-14(17)10-7-8-11(9-10)15(18)19/h3-6,10-11H,2,7-9H2,1H3,(H,16,17)(H,18,19). The summed E-state index contributed by atoms with van der Waals surface area (Å²) >= 11 is 0. The number of anilines is 1. The minimum absolute atomic E-state index is 0.124. The topological polar surface area (TPSA) is 75.6 Å². The van der Waals surface area contributed by atoms with Crippen molar-refractivity contribution in [2.24, 2.45) is 11.8 Å². The molecular formula is C15H19NO4. The molecular weight excluding hydrogens is 258 g/mol. The predicted molar refractivity (Wildman–Crippen MR) is 74.7 cm³/mol. The van der Waals surface area contributed by atoms with Crippen LogP contribution in [0.2, 0.25) is 0 Å². The van der Waals surface area contributed by atoms with Crippen molar-refractivity contribution in [1.82, 2.24) is 0 Å². The Hall–Kier alpha value is -2.04. The van der Waals surface area contributed by atoms with E-state index < -0.39 is 11.9 Å². The number of hydrogen-bond donors (Lipinski definition) is 2. The van der Waals surface area contributed by atoms with Crippen molar-refractivity contribution >= 4 is 17.6 Å². The molecule has 2 atom stereocenters. The average molecular weight is 277 g/mol. The Balaban J connectivity index is 2.00. The summed E-state index contributed by atoms with van der Waals surface area (Å²) in [5.74, 6) is -0.925. The van der Waals surface area contributed by atoms with Crippen molar-refractivity contribution < 1.29 is 19.4 Å². The largest absolute Gasteiger partial charge is 0.492 e. The van der Waals surface area contributed by atoms with Crippen LogP contribution in [0.4, 0.5) is 5.69 Å². The Morgan fingerprint density at radius 3 is 2.65 bits per heavy atom. The van der Waals surface area contributed by atoms with Crippen LogP contribution in [0.25, 0.3) is 0 Å². The Kier molecular flexibility index (Phi) is 4.61. The van der Waals surface area contributed by atoms with Crippen molar-refractivity contribution in [3.63, 3.8) is 0 Å². The normalized spacial score (nSPS) is 21.4. The van der Waals surface area contributed by atoms with Gasteiger partial charge in [-0.3, -0.25) is 9.59 Å². The van der Waals surface area contributed by atoms with Crippen LogP contribution in [0.3, 0.4) is 0 Å². The van der Waals surface area contributed by atoms with Gasteiger partial charge in [0, 0.05) is 5.92 Å². The molecule has 108 valence electrons. The number of para-hydroxylation sites is 2. The third-order valence-corrected chi connectivity index (χ3v) is 3.60. The summed E-state index contributed by atoms with van der Waals surface area (Å²) in [6.45, 7) is 2.41. The molecule has 0 aromatic heterocycles. The fourth-order valence-corrected chi connectivity index (χ4v) is 2.53. The summed E-state index contributed by atoms with van der Waals surface area (Å²) in [5.41, 5.74) is 0.637. The first-order valence-corrected chi connectivity index (χ1v) is 6.87. The Morgan fingerprint density at radius 2 is 2.00 bits per heavy atom. The monoisotopic (exact) mass is 277 g/mol. The number of nitrogens with one attached hydrogen (secondary N) is 1. The van der Waals surface area contributed by atoms with Gasteiger partial charge in [0.15, 0.2) is 0 Å². The van der Waals surface area contributed by atoms with Crippen molar-refractivity contribution in [3.8, 4) is 5.75 Å². The van der Waals surface area contributed by atoms with Gasteiger partial charge in [-0.05, 0) is 38.3 Å². The van der Waals surface area contributed by atoms with Crippen LogP contribution in [0.1, 0.15) is 26.2 Å². The lowest BCUT2D eigenvalue weighted by Crippen LogP contribution is -2.22. The molecule has 1 aromatic carbocycles. The van der Waals surface area contributed by atoms with Gasteiger partial charge in [-0.2, -0.15) is 0 Å². The van der Waals surface area contributed by atoms with E-state index >= 15 is 0 Å². The molecule has 0 aliphatic heterocycles. The molecule has 0 saturated heterocycles. The fraction of sp³-hybridized carbons (Fsp3) is 0.467. The summed E-state index contributed by atoms with van der Waals surface area (Å²) in [6.07, 6.45) is 1.61. The molecule has 1 saturated carbocycles. The highest BCUT2D eigenvalue weighted by Crippen LogP contribution is 2.33. The van der Waals surface area contributed by atoms with Gasteiger partial charge in [0.05, 0.1) is 18.2 Å². The maximum atomic E-state index is 12.2. The summed E-state index contributed by atoms with van der Waals surface area (Å²) in [6, 6.07) is 7.25. The molecule has 1 aromatic rings. The Bertz CT molecular complexity index is 500. The first-order chi connectivity index (χ1) is 9.61.